The summed E-state index contributed by atoms with van der Waals surface area (Å²) in [5, 5.41) is 0. The summed E-state index contributed by atoms with van der Waals surface area (Å²) in [5.41, 5.74) is 1.07. The maximum Gasteiger partial charge on any atom is 0.480 e. The van der Waals surface area contributed by atoms with Gasteiger partial charge in [-0.05, 0) is 25.8 Å². The molecule has 0 radical (unpaired) electrons. The van der Waals surface area contributed by atoms with Crippen molar-refractivity contribution in [3.63, 3.8) is 0 Å². The summed E-state index contributed by atoms with van der Waals surface area (Å²) < 4.78 is 44.5. The Kier molecular flexibility index (Phi) is 16.0. The molecule has 2 aliphatic rings. The first kappa shape index (κ1) is 35.7. The Hall–Kier alpha value is -0.790. The van der Waals surface area contributed by atoms with E-state index in [-0.39, 0.29) is 18.4 Å². The molecule has 0 spiro atoms. The highest BCUT2D eigenvalue weighted by Crippen LogP contribution is 2.61. The van der Waals surface area contributed by atoms with E-state index in [1.54, 1.807) is 0 Å². The van der Waals surface area contributed by atoms with Crippen molar-refractivity contribution in [1.82, 2.24) is 0 Å². The van der Waals surface area contributed by atoms with Gasteiger partial charge in [0.15, 0.2) is 6.10 Å². The van der Waals surface area contributed by atoms with Gasteiger partial charge in [-0.3, -0.25) is 9.05 Å². The molecule has 42 heavy (non-hydrogen) atoms. The van der Waals surface area contributed by atoms with Crippen LogP contribution in [0, 0.1) is 0 Å². The molecule has 2 saturated heterocycles. The van der Waals surface area contributed by atoms with Crippen LogP contribution in [0.1, 0.15) is 123 Å². The Morgan fingerprint density at radius 1 is 0.810 bits per heavy atom. The van der Waals surface area contributed by atoms with Gasteiger partial charge in [0.05, 0.1) is 39.5 Å². The monoisotopic (exact) mass is 610 g/mol. The zero-order valence-electron chi connectivity index (χ0n) is 27.3. The number of unbranched alkanes of at least 4 members (excludes halogenated alkanes) is 13. The van der Waals surface area contributed by atoms with Gasteiger partial charge < -0.3 is 14.0 Å². The summed E-state index contributed by atoms with van der Waals surface area (Å²) >= 11 is 0. The van der Waals surface area contributed by atoms with Crippen molar-refractivity contribution < 1.29 is 32.1 Å². The molecule has 0 amide bonds. The van der Waals surface area contributed by atoms with Crippen LogP contribution < -0.4 is 0 Å². The molecule has 2 fully saturated rings. The zero-order valence-corrected chi connectivity index (χ0v) is 28.2. The number of likely N-dealkylation sites (N-methyl/N-ethyl adjacent to an activating group) is 1. The van der Waals surface area contributed by atoms with Crippen LogP contribution in [0.4, 0.5) is 0 Å². The highest BCUT2D eigenvalue weighted by molar-refractivity contribution is 7.48. The molecule has 1 aromatic rings. The van der Waals surface area contributed by atoms with E-state index < -0.39 is 20.0 Å². The summed E-state index contributed by atoms with van der Waals surface area (Å²) in [6.45, 7) is 8.20. The fourth-order valence-corrected chi connectivity index (χ4v) is 8.07. The number of likely N-dealkylation sites (tertiary alicyclic amines) is 1. The van der Waals surface area contributed by atoms with Crippen LogP contribution in [-0.2, 0) is 34.2 Å². The van der Waals surface area contributed by atoms with E-state index in [2.05, 4.69) is 21.0 Å². The van der Waals surface area contributed by atoms with Crippen LogP contribution in [0.2, 0.25) is 0 Å². The maximum atomic E-state index is 13.5. The molecule has 0 N–H and O–H groups in total. The lowest BCUT2D eigenvalue weighted by atomic mass is 10.0. The van der Waals surface area contributed by atoms with Gasteiger partial charge in [0.1, 0.15) is 6.10 Å². The molecule has 0 saturated carbocycles. The number of rotatable bonds is 23. The predicted molar refractivity (Wildman–Crippen MR) is 170 cm³/mol. The molecule has 1 aromatic carbocycles. The Morgan fingerprint density at radius 3 is 1.95 bits per heavy atom. The Morgan fingerprint density at radius 2 is 1.38 bits per heavy atom. The Balaban J connectivity index is 1.35. The maximum absolute atomic E-state index is 13.5. The first-order valence-electron chi connectivity index (χ1n) is 17.0. The molecule has 7 nitrogen and oxygen atoms in total. The van der Waals surface area contributed by atoms with Crippen LogP contribution >= 0.6 is 7.82 Å². The smallest absolute Gasteiger partial charge is 0.376 e. The number of quaternary nitrogens is 1. The normalized spacial score (nSPS) is 25.4. The van der Waals surface area contributed by atoms with E-state index in [1.807, 2.05) is 44.2 Å². The standard InChI is InChI=1S/C34H61NO6P/c1-6-7-8-9-10-11-12-13-14-15-16-17-18-22-27-37-29(2)33(38-28-31-23-20-19-21-24-31)30(3)39-42(36)40-32-25-26-35(4,5)34(32)41-42/h19-21,23-24,29-30,32-34H,6-18,22,25-28H2,1-5H3/q+1. The van der Waals surface area contributed by atoms with Gasteiger partial charge in [-0.1, -0.05) is 121 Å². The first-order chi connectivity index (χ1) is 20.2. The molecular formula is C34H61NO6P+. The number of phosphoric acid groups is 1. The minimum absolute atomic E-state index is 0.198. The van der Waals surface area contributed by atoms with Crippen LogP contribution in [0.15, 0.2) is 30.3 Å². The van der Waals surface area contributed by atoms with Crippen molar-refractivity contribution in [3.8, 4) is 0 Å². The highest BCUT2D eigenvalue weighted by atomic mass is 31.2. The molecule has 6 atom stereocenters. The van der Waals surface area contributed by atoms with Gasteiger partial charge in [-0.25, -0.2) is 9.09 Å². The average Bonchev–Trinajstić information content (AvgIpc) is 3.44. The molecule has 0 aromatic heterocycles. The molecule has 0 aliphatic carbocycles. The van der Waals surface area contributed by atoms with Crippen LogP contribution in [0.25, 0.3) is 0 Å². The minimum atomic E-state index is -3.69. The van der Waals surface area contributed by atoms with Crippen molar-refractivity contribution in [2.24, 2.45) is 0 Å². The lowest BCUT2D eigenvalue weighted by Crippen LogP contribution is -2.46. The fourth-order valence-electron chi connectivity index (χ4n) is 6.20. The van der Waals surface area contributed by atoms with Crippen molar-refractivity contribution in [1.29, 1.82) is 0 Å². The third-order valence-corrected chi connectivity index (χ3v) is 10.5. The second-order valence-electron chi connectivity index (χ2n) is 13.1. The van der Waals surface area contributed by atoms with Crippen molar-refractivity contribution in [2.45, 2.75) is 154 Å². The quantitative estimate of drug-likeness (QED) is 0.0699. The predicted octanol–water partition coefficient (Wildman–Crippen LogP) is 9.19. The third kappa shape index (κ3) is 12.3. The number of hydrogen-bond acceptors (Lipinski definition) is 6. The fraction of sp³-hybridized carbons (Fsp3) is 0.824. The molecule has 3 rings (SSSR count). The lowest BCUT2D eigenvalue weighted by Gasteiger charge is -2.31. The van der Waals surface area contributed by atoms with Crippen LogP contribution in [0.3, 0.4) is 0 Å². The number of benzene rings is 1. The van der Waals surface area contributed by atoms with E-state index in [0.717, 1.165) is 24.9 Å². The summed E-state index contributed by atoms with van der Waals surface area (Å²) in [7, 11) is 0.464. The van der Waals surface area contributed by atoms with Gasteiger partial charge in [0.25, 0.3) is 0 Å². The van der Waals surface area contributed by atoms with Gasteiger partial charge in [-0.2, -0.15) is 0 Å². The lowest BCUT2D eigenvalue weighted by molar-refractivity contribution is -0.920. The third-order valence-electron chi connectivity index (χ3n) is 8.88. The summed E-state index contributed by atoms with van der Waals surface area (Å²) in [5.74, 6) is 0. The number of phosphoric ester groups is 1. The second-order valence-corrected chi connectivity index (χ2v) is 14.6. The first-order valence-corrected chi connectivity index (χ1v) is 18.4. The average molecular weight is 611 g/mol. The summed E-state index contributed by atoms with van der Waals surface area (Å²) in [6.07, 6.45) is 17.9. The molecule has 0 bridgehead atoms. The van der Waals surface area contributed by atoms with Gasteiger partial charge in [-0.15, -0.1) is 0 Å². The number of hydrogen-bond donors (Lipinski definition) is 0. The van der Waals surface area contributed by atoms with E-state index in [9.17, 15) is 4.57 Å². The molecule has 2 heterocycles. The van der Waals surface area contributed by atoms with Gasteiger partial charge >= 0.3 is 7.82 Å². The van der Waals surface area contributed by atoms with Gasteiger partial charge in [0, 0.05) is 13.0 Å². The largest absolute Gasteiger partial charge is 0.480 e. The molecular weight excluding hydrogens is 549 g/mol. The van der Waals surface area contributed by atoms with Crippen LogP contribution in [-0.4, -0.2) is 62.4 Å². The number of fused-ring (bicyclic) bond motifs is 1. The summed E-state index contributed by atoms with van der Waals surface area (Å²) in [4.78, 5) is 0. The Labute approximate surface area is 257 Å². The molecule has 8 heteroatoms. The van der Waals surface area contributed by atoms with E-state index in [0.29, 0.717) is 17.7 Å². The minimum Gasteiger partial charge on any atom is -0.376 e. The van der Waals surface area contributed by atoms with Gasteiger partial charge in [0.2, 0.25) is 6.23 Å². The van der Waals surface area contributed by atoms with Crippen LogP contribution in [0.5, 0.6) is 0 Å². The second kappa shape index (κ2) is 18.9. The van der Waals surface area contributed by atoms with E-state index >= 15 is 0 Å². The Bertz CT molecular complexity index is 899. The topological polar surface area (TPSA) is 63.2 Å². The summed E-state index contributed by atoms with van der Waals surface area (Å²) in [6, 6.07) is 10.1. The molecule has 242 valence electrons. The molecule has 2 aliphatic heterocycles. The van der Waals surface area contributed by atoms with E-state index in [1.165, 1.54) is 83.5 Å². The van der Waals surface area contributed by atoms with Crippen molar-refractivity contribution >= 4 is 7.82 Å². The van der Waals surface area contributed by atoms with Crippen molar-refractivity contribution in [3.05, 3.63) is 35.9 Å². The van der Waals surface area contributed by atoms with E-state index in [4.69, 9.17) is 23.0 Å². The SMILES string of the molecule is CCCCCCCCCCCCCCCCOC(C)C(OCc1ccccc1)C(C)OP1(=O)OC2CC[N+](C)(C)C2O1. The highest BCUT2D eigenvalue weighted by Gasteiger charge is 2.58. The number of ether oxygens (including phenoxy) is 2. The zero-order chi connectivity index (χ0) is 30.3. The van der Waals surface area contributed by atoms with Crippen molar-refractivity contribution in [2.75, 3.05) is 27.2 Å². The number of nitrogens with zero attached hydrogens (tertiary/aromatic N) is 1. The molecule has 6 unspecified atom stereocenters.